The molecule has 1 rings (SSSR count). The minimum absolute atomic E-state index is 0.126. The van der Waals surface area contributed by atoms with Crippen molar-refractivity contribution >= 4 is 0 Å². The molecule has 0 saturated heterocycles. The van der Waals surface area contributed by atoms with Crippen molar-refractivity contribution in [2.75, 3.05) is 7.11 Å². The number of hydrogen-bond acceptors (Lipinski definition) is 3. The Balaban J connectivity index is 2.79. The molecule has 0 aliphatic heterocycles. The van der Waals surface area contributed by atoms with Gasteiger partial charge in [-0.3, -0.25) is 0 Å². The van der Waals surface area contributed by atoms with E-state index in [0.29, 0.717) is 5.88 Å². The van der Waals surface area contributed by atoms with E-state index in [1.54, 1.807) is 7.11 Å². The van der Waals surface area contributed by atoms with Crippen LogP contribution in [0, 0.1) is 0 Å². The summed E-state index contributed by atoms with van der Waals surface area (Å²) >= 11 is 0. The van der Waals surface area contributed by atoms with Gasteiger partial charge >= 0.3 is 0 Å². The molecule has 1 heterocycles. The largest absolute Gasteiger partial charge is 0.481 e. The molecule has 0 fully saturated rings. The predicted molar refractivity (Wildman–Crippen MR) is 71.4 cm³/mol. The Morgan fingerprint density at radius 2 is 2.00 bits per heavy atom. The lowest BCUT2D eigenvalue weighted by Gasteiger charge is -2.20. The van der Waals surface area contributed by atoms with Crippen molar-refractivity contribution in [2.24, 2.45) is 0 Å². The highest BCUT2D eigenvalue weighted by molar-refractivity contribution is 5.25. The van der Waals surface area contributed by atoms with Crippen LogP contribution in [0.25, 0.3) is 0 Å². The number of nitrogens with one attached hydrogen (secondary N) is 1. The molecule has 0 radical (unpaired) electrons. The number of hydrogen-bond donors (Lipinski definition) is 1. The second-order valence-corrected chi connectivity index (χ2v) is 5.36. The van der Waals surface area contributed by atoms with Crippen molar-refractivity contribution in [3.63, 3.8) is 0 Å². The molecule has 0 bridgehead atoms. The number of ether oxygens (including phenoxy) is 1. The molecule has 1 aromatic heterocycles. The Hall–Kier alpha value is -1.09. The summed E-state index contributed by atoms with van der Waals surface area (Å²) in [5.74, 6) is 0.710. The van der Waals surface area contributed by atoms with Gasteiger partial charge in [-0.15, -0.1) is 0 Å². The third-order valence-corrected chi connectivity index (χ3v) is 2.45. The average molecular weight is 236 g/mol. The van der Waals surface area contributed by atoms with Gasteiger partial charge in [0.2, 0.25) is 5.88 Å². The van der Waals surface area contributed by atoms with E-state index in [2.05, 4.69) is 44.1 Å². The maximum Gasteiger partial charge on any atom is 0.213 e. The summed E-state index contributed by atoms with van der Waals surface area (Å²) in [7, 11) is 1.67. The predicted octanol–water partition coefficient (Wildman–Crippen LogP) is 2.93. The van der Waals surface area contributed by atoms with Gasteiger partial charge in [0.05, 0.1) is 7.11 Å². The number of pyridine rings is 1. The molecular formula is C14H24N2O. The zero-order valence-electron chi connectivity index (χ0n) is 11.6. The zero-order valence-corrected chi connectivity index (χ0v) is 11.6. The number of aryl methyl sites for hydroxylation is 1. The van der Waals surface area contributed by atoms with Crippen LogP contribution in [0.4, 0.5) is 0 Å². The molecule has 0 aliphatic carbocycles. The van der Waals surface area contributed by atoms with Crippen LogP contribution in [0.1, 0.15) is 45.4 Å². The Morgan fingerprint density at radius 1 is 1.29 bits per heavy atom. The van der Waals surface area contributed by atoms with Gasteiger partial charge in [-0.05, 0) is 38.8 Å². The fraction of sp³-hybridized carbons (Fsp3) is 0.643. The Kier molecular flexibility index (Phi) is 4.94. The fourth-order valence-corrected chi connectivity index (χ4v) is 1.58. The molecule has 0 aliphatic rings. The molecule has 1 N–H and O–H groups in total. The van der Waals surface area contributed by atoms with Crippen LogP contribution < -0.4 is 10.1 Å². The SMILES string of the molecule is CCCc1cc(CNC(C)(C)C)cc(OC)n1. The normalized spacial score (nSPS) is 11.6. The summed E-state index contributed by atoms with van der Waals surface area (Å²) in [5.41, 5.74) is 2.47. The Labute approximate surface area is 105 Å². The van der Waals surface area contributed by atoms with Crippen LogP contribution in [0.2, 0.25) is 0 Å². The van der Waals surface area contributed by atoms with Gasteiger partial charge in [0.1, 0.15) is 0 Å². The summed E-state index contributed by atoms with van der Waals surface area (Å²) in [6.07, 6.45) is 2.10. The molecule has 96 valence electrons. The van der Waals surface area contributed by atoms with Crippen molar-refractivity contribution in [1.29, 1.82) is 0 Å². The van der Waals surface area contributed by atoms with Crippen molar-refractivity contribution in [3.8, 4) is 5.88 Å². The zero-order chi connectivity index (χ0) is 12.9. The van der Waals surface area contributed by atoms with E-state index in [1.807, 2.05) is 6.07 Å². The van der Waals surface area contributed by atoms with Gasteiger partial charge in [0.25, 0.3) is 0 Å². The minimum atomic E-state index is 0.126. The standard InChI is InChI=1S/C14H24N2O/c1-6-7-12-8-11(9-13(16-12)17-5)10-15-14(2,3)4/h8-9,15H,6-7,10H2,1-5H3. The van der Waals surface area contributed by atoms with Crippen LogP contribution >= 0.6 is 0 Å². The highest BCUT2D eigenvalue weighted by Crippen LogP contribution is 2.14. The average Bonchev–Trinajstić information content (AvgIpc) is 2.25. The summed E-state index contributed by atoms with van der Waals surface area (Å²) < 4.78 is 5.23. The quantitative estimate of drug-likeness (QED) is 0.853. The van der Waals surface area contributed by atoms with Crippen molar-refractivity contribution in [1.82, 2.24) is 10.3 Å². The van der Waals surface area contributed by atoms with Gasteiger partial charge in [-0.25, -0.2) is 4.98 Å². The van der Waals surface area contributed by atoms with Gasteiger partial charge in [-0.1, -0.05) is 13.3 Å². The molecule has 0 amide bonds. The number of aromatic nitrogens is 1. The second-order valence-electron chi connectivity index (χ2n) is 5.36. The number of methoxy groups -OCH3 is 1. The van der Waals surface area contributed by atoms with E-state index < -0.39 is 0 Å². The van der Waals surface area contributed by atoms with Gasteiger partial charge in [-0.2, -0.15) is 0 Å². The van der Waals surface area contributed by atoms with Crippen molar-refractivity contribution in [2.45, 2.75) is 52.6 Å². The first kappa shape index (κ1) is 14.0. The van der Waals surface area contributed by atoms with Crippen molar-refractivity contribution < 1.29 is 4.74 Å². The monoisotopic (exact) mass is 236 g/mol. The first-order valence-corrected chi connectivity index (χ1v) is 6.23. The Bertz CT molecular complexity index is 356. The highest BCUT2D eigenvalue weighted by Gasteiger charge is 2.09. The molecule has 1 aromatic rings. The number of rotatable bonds is 5. The molecule has 17 heavy (non-hydrogen) atoms. The van der Waals surface area contributed by atoms with Crippen LogP contribution in [0.15, 0.2) is 12.1 Å². The highest BCUT2D eigenvalue weighted by atomic mass is 16.5. The van der Waals surface area contributed by atoms with Gasteiger partial charge in [0, 0.05) is 23.8 Å². The lowest BCUT2D eigenvalue weighted by Crippen LogP contribution is -2.35. The molecule has 3 heteroatoms. The Morgan fingerprint density at radius 3 is 2.53 bits per heavy atom. The van der Waals surface area contributed by atoms with E-state index in [9.17, 15) is 0 Å². The number of nitrogens with zero attached hydrogens (tertiary/aromatic N) is 1. The van der Waals surface area contributed by atoms with E-state index in [4.69, 9.17) is 4.74 Å². The summed E-state index contributed by atoms with van der Waals surface area (Å²) in [6.45, 7) is 9.50. The summed E-state index contributed by atoms with van der Waals surface area (Å²) in [5, 5.41) is 3.48. The third kappa shape index (κ3) is 5.18. The molecule has 0 aromatic carbocycles. The van der Waals surface area contributed by atoms with Crippen LogP contribution in [0.3, 0.4) is 0 Å². The lowest BCUT2D eigenvalue weighted by molar-refractivity contribution is 0.392. The third-order valence-electron chi connectivity index (χ3n) is 2.45. The van der Waals surface area contributed by atoms with E-state index in [0.717, 1.165) is 25.1 Å². The maximum absolute atomic E-state index is 5.23. The van der Waals surface area contributed by atoms with E-state index in [1.165, 1.54) is 5.56 Å². The second kappa shape index (κ2) is 6.01. The molecular weight excluding hydrogens is 212 g/mol. The first-order chi connectivity index (χ1) is 7.94. The van der Waals surface area contributed by atoms with E-state index >= 15 is 0 Å². The van der Waals surface area contributed by atoms with E-state index in [-0.39, 0.29) is 5.54 Å². The van der Waals surface area contributed by atoms with Gasteiger partial charge < -0.3 is 10.1 Å². The van der Waals surface area contributed by atoms with Crippen LogP contribution in [-0.2, 0) is 13.0 Å². The topological polar surface area (TPSA) is 34.1 Å². The fourth-order valence-electron chi connectivity index (χ4n) is 1.58. The maximum atomic E-state index is 5.23. The molecule has 3 nitrogen and oxygen atoms in total. The molecule has 0 saturated carbocycles. The molecule has 0 unspecified atom stereocenters. The smallest absolute Gasteiger partial charge is 0.213 e. The first-order valence-electron chi connectivity index (χ1n) is 6.23. The molecule has 0 spiro atoms. The van der Waals surface area contributed by atoms with Crippen LogP contribution in [-0.4, -0.2) is 17.6 Å². The van der Waals surface area contributed by atoms with Crippen molar-refractivity contribution in [3.05, 3.63) is 23.4 Å². The summed E-state index contributed by atoms with van der Waals surface area (Å²) in [6, 6.07) is 4.16. The summed E-state index contributed by atoms with van der Waals surface area (Å²) in [4.78, 5) is 4.44. The lowest BCUT2D eigenvalue weighted by atomic mass is 10.1. The molecule has 0 atom stereocenters. The van der Waals surface area contributed by atoms with Crippen LogP contribution in [0.5, 0.6) is 5.88 Å². The van der Waals surface area contributed by atoms with Gasteiger partial charge in [0.15, 0.2) is 0 Å². The minimum Gasteiger partial charge on any atom is -0.481 e.